The van der Waals surface area contributed by atoms with Crippen molar-refractivity contribution in [2.24, 2.45) is 0 Å². The Balaban J connectivity index is 2.00. The van der Waals surface area contributed by atoms with Gasteiger partial charge >= 0.3 is 0 Å². The summed E-state index contributed by atoms with van der Waals surface area (Å²) in [6, 6.07) is 0. The molecule has 0 aliphatic heterocycles. The maximum absolute atomic E-state index is 3.94. The van der Waals surface area contributed by atoms with Crippen LogP contribution in [0.3, 0.4) is 0 Å². The average molecular weight is 197 g/mol. The van der Waals surface area contributed by atoms with Crippen molar-refractivity contribution in [1.82, 2.24) is 26.0 Å². The molecule has 1 heterocycles. The molecule has 1 aromatic heterocycles. The van der Waals surface area contributed by atoms with Crippen LogP contribution in [-0.4, -0.2) is 34.0 Å². The highest BCUT2D eigenvalue weighted by atomic mass is 15.3. The number of H-pyrrole nitrogens is 1. The molecule has 0 aromatic carbocycles. The van der Waals surface area contributed by atoms with E-state index < -0.39 is 0 Å². The summed E-state index contributed by atoms with van der Waals surface area (Å²) in [7, 11) is 0. The van der Waals surface area contributed by atoms with E-state index >= 15 is 0 Å². The van der Waals surface area contributed by atoms with Gasteiger partial charge in [-0.15, -0.1) is 0 Å². The third-order valence-electron chi connectivity index (χ3n) is 1.73. The van der Waals surface area contributed by atoms with E-state index in [1.54, 1.807) is 6.20 Å². The molecule has 5 nitrogen and oxygen atoms in total. The van der Waals surface area contributed by atoms with Crippen LogP contribution in [-0.2, 0) is 6.54 Å². The summed E-state index contributed by atoms with van der Waals surface area (Å²) in [5.74, 6) is 0. The van der Waals surface area contributed by atoms with Crippen molar-refractivity contribution < 1.29 is 0 Å². The van der Waals surface area contributed by atoms with Crippen molar-refractivity contribution in [2.45, 2.75) is 32.9 Å². The Morgan fingerprint density at radius 3 is 2.71 bits per heavy atom. The van der Waals surface area contributed by atoms with E-state index in [1.165, 1.54) is 0 Å². The molecule has 0 aliphatic carbocycles. The maximum Gasteiger partial charge on any atom is 0.0962 e. The van der Waals surface area contributed by atoms with Gasteiger partial charge in [-0.05, 0) is 20.8 Å². The Kier molecular flexibility index (Phi) is 4.03. The van der Waals surface area contributed by atoms with Crippen molar-refractivity contribution in [3.8, 4) is 0 Å². The fourth-order valence-electron chi connectivity index (χ4n) is 1.05. The first-order chi connectivity index (χ1) is 6.58. The van der Waals surface area contributed by atoms with Gasteiger partial charge in [0.15, 0.2) is 0 Å². The largest absolute Gasteiger partial charge is 0.311 e. The lowest BCUT2D eigenvalue weighted by molar-refractivity contribution is 0.421. The predicted octanol–water partition coefficient (Wildman–Crippen LogP) is 0.282. The summed E-state index contributed by atoms with van der Waals surface area (Å²) < 4.78 is 0. The van der Waals surface area contributed by atoms with E-state index in [4.69, 9.17) is 0 Å². The maximum atomic E-state index is 3.94. The minimum absolute atomic E-state index is 0.190. The lowest BCUT2D eigenvalue weighted by atomic mass is 10.1. The highest BCUT2D eigenvalue weighted by Gasteiger charge is 2.06. The van der Waals surface area contributed by atoms with E-state index in [9.17, 15) is 0 Å². The standard InChI is InChI=1S/C9H19N5/c1-9(2,3)11-5-4-10-6-8-7-12-14-13-8/h7,10-11H,4-6H2,1-3H3,(H,12,13,14). The van der Waals surface area contributed by atoms with Crippen LogP contribution in [0, 0.1) is 0 Å². The van der Waals surface area contributed by atoms with Crippen LogP contribution in [0.2, 0.25) is 0 Å². The number of hydrogen-bond donors (Lipinski definition) is 3. The Morgan fingerprint density at radius 2 is 2.14 bits per heavy atom. The molecule has 80 valence electrons. The minimum Gasteiger partial charge on any atom is -0.311 e. The van der Waals surface area contributed by atoms with Gasteiger partial charge in [0.25, 0.3) is 0 Å². The summed E-state index contributed by atoms with van der Waals surface area (Å²) in [4.78, 5) is 0. The molecular weight excluding hydrogens is 178 g/mol. The second-order valence-corrected chi connectivity index (χ2v) is 4.31. The SMILES string of the molecule is CC(C)(C)NCCNCc1cn[nH]n1. The van der Waals surface area contributed by atoms with Gasteiger partial charge in [-0.1, -0.05) is 0 Å². The van der Waals surface area contributed by atoms with Crippen molar-refractivity contribution in [3.63, 3.8) is 0 Å². The number of aromatic amines is 1. The first-order valence-electron chi connectivity index (χ1n) is 4.88. The third-order valence-corrected chi connectivity index (χ3v) is 1.73. The molecule has 0 bridgehead atoms. The molecule has 5 heteroatoms. The van der Waals surface area contributed by atoms with Gasteiger partial charge in [0.2, 0.25) is 0 Å². The molecule has 3 N–H and O–H groups in total. The normalized spacial score (nSPS) is 11.9. The first kappa shape index (κ1) is 11.1. The molecule has 0 saturated heterocycles. The third kappa shape index (κ3) is 4.94. The fourth-order valence-corrected chi connectivity index (χ4v) is 1.05. The predicted molar refractivity (Wildman–Crippen MR) is 55.8 cm³/mol. The van der Waals surface area contributed by atoms with Gasteiger partial charge in [-0.2, -0.15) is 15.4 Å². The Labute approximate surface area is 84.7 Å². The second kappa shape index (κ2) is 5.07. The summed E-state index contributed by atoms with van der Waals surface area (Å²) in [6.07, 6.45) is 1.73. The fraction of sp³-hybridized carbons (Fsp3) is 0.778. The van der Waals surface area contributed by atoms with Crippen LogP contribution in [0.1, 0.15) is 26.5 Å². The van der Waals surface area contributed by atoms with Gasteiger partial charge in [0.05, 0.1) is 11.9 Å². The molecule has 14 heavy (non-hydrogen) atoms. The smallest absolute Gasteiger partial charge is 0.0962 e. The zero-order valence-electron chi connectivity index (χ0n) is 9.09. The quantitative estimate of drug-likeness (QED) is 0.593. The number of aromatic nitrogens is 3. The second-order valence-electron chi connectivity index (χ2n) is 4.31. The van der Waals surface area contributed by atoms with Gasteiger partial charge < -0.3 is 10.6 Å². The Bertz CT molecular complexity index is 236. The molecule has 0 aliphatic rings. The monoisotopic (exact) mass is 197 g/mol. The molecule has 0 atom stereocenters. The lowest BCUT2D eigenvalue weighted by Gasteiger charge is -2.20. The number of rotatable bonds is 5. The van der Waals surface area contributed by atoms with E-state index in [0.717, 1.165) is 25.3 Å². The lowest BCUT2D eigenvalue weighted by Crippen LogP contribution is -2.40. The molecule has 0 amide bonds. The van der Waals surface area contributed by atoms with Crippen LogP contribution >= 0.6 is 0 Å². The van der Waals surface area contributed by atoms with Crippen molar-refractivity contribution in [2.75, 3.05) is 13.1 Å². The Hall–Kier alpha value is -0.940. The van der Waals surface area contributed by atoms with Gasteiger partial charge in [-0.25, -0.2) is 0 Å². The minimum atomic E-state index is 0.190. The average Bonchev–Trinajstić information content (AvgIpc) is 2.54. The molecule has 0 spiro atoms. The molecule has 0 saturated carbocycles. The molecular formula is C9H19N5. The number of nitrogens with one attached hydrogen (secondary N) is 3. The van der Waals surface area contributed by atoms with Crippen molar-refractivity contribution in [3.05, 3.63) is 11.9 Å². The summed E-state index contributed by atoms with van der Waals surface area (Å²) >= 11 is 0. The summed E-state index contributed by atoms with van der Waals surface area (Å²) in [5, 5.41) is 16.9. The van der Waals surface area contributed by atoms with E-state index in [-0.39, 0.29) is 5.54 Å². The number of nitrogens with zero attached hydrogens (tertiary/aromatic N) is 2. The number of hydrogen-bond acceptors (Lipinski definition) is 4. The molecule has 0 unspecified atom stereocenters. The van der Waals surface area contributed by atoms with Crippen LogP contribution in [0.4, 0.5) is 0 Å². The molecule has 0 fully saturated rings. The van der Waals surface area contributed by atoms with Gasteiger partial charge in [0.1, 0.15) is 0 Å². The van der Waals surface area contributed by atoms with Crippen LogP contribution in [0.15, 0.2) is 6.20 Å². The van der Waals surface area contributed by atoms with E-state index in [0.29, 0.717) is 0 Å². The first-order valence-corrected chi connectivity index (χ1v) is 4.88. The zero-order chi connectivity index (χ0) is 10.4. The highest BCUT2D eigenvalue weighted by molar-refractivity contribution is 4.89. The molecule has 0 radical (unpaired) electrons. The summed E-state index contributed by atoms with van der Waals surface area (Å²) in [6.45, 7) is 9.13. The van der Waals surface area contributed by atoms with Crippen LogP contribution < -0.4 is 10.6 Å². The van der Waals surface area contributed by atoms with E-state index in [1.807, 2.05) is 0 Å². The Morgan fingerprint density at radius 1 is 1.36 bits per heavy atom. The van der Waals surface area contributed by atoms with Crippen LogP contribution in [0.25, 0.3) is 0 Å². The summed E-state index contributed by atoms with van der Waals surface area (Å²) in [5.41, 5.74) is 1.14. The van der Waals surface area contributed by atoms with Crippen molar-refractivity contribution >= 4 is 0 Å². The van der Waals surface area contributed by atoms with Crippen molar-refractivity contribution in [1.29, 1.82) is 0 Å². The topological polar surface area (TPSA) is 65.6 Å². The van der Waals surface area contributed by atoms with Gasteiger partial charge in [0, 0.05) is 25.2 Å². The highest BCUT2D eigenvalue weighted by Crippen LogP contribution is 1.96. The molecule has 1 aromatic rings. The zero-order valence-corrected chi connectivity index (χ0v) is 9.09. The van der Waals surface area contributed by atoms with Gasteiger partial charge in [-0.3, -0.25) is 0 Å². The van der Waals surface area contributed by atoms with Crippen LogP contribution in [0.5, 0.6) is 0 Å². The molecule has 1 rings (SSSR count). The van der Waals surface area contributed by atoms with E-state index in [2.05, 4.69) is 46.8 Å².